The zero-order valence-electron chi connectivity index (χ0n) is 18.6. The minimum atomic E-state index is -4.98. The fourth-order valence-electron chi connectivity index (χ4n) is 3.34. The minimum absolute atomic E-state index is 0.136. The number of hydrogen-bond donors (Lipinski definition) is 1. The number of allylic oxidation sites excluding steroid dienone is 1. The number of ketones is 1. The molecule has 1 N–H and O–H groups in total. The molecule has 2 rings (SSSR count). The fraction of sp³-hybridized carbons (Fsp3) is 0.333. The molecule has 0 fully saturated rings. The van der Waals surface area contributed by atoms with E-state index in [1.54, 1.807) is 0 Å². The van der Waals surface area contributed by atoms with Gasteiger partial charge >= 0.3 is 12.4 Å². The largest absolute Gasteiger partial charge is 0.417 e. The summed E-state index contributed by atoms with van der Waals surface area (Å²) >= 11 is 6.23. The second-order valence-corrected chi connectivity index (χ2v) is 9.72. The van der Waals surface area contributed by atoms with Crippen LogP contribution in [0.2, 0.25) is 0 Å². The van der Waals surface area contributed by atoms with Crippen LogP contribution in [0.5, 0.6) is 0 Å². The zero-order valence-corrected chi connectivity index (χ0v) is 21.8. The smallest absolute Gasteiger partial charge is 0.353 e. The number of carbonyl (C=O) groups is 2. The van der Waals surface area contributed by atoms with Crippen LogP contribution in [0.15, 0.2) is 51.4 Å². The van der Waals surface area contributed by atoms with Gasteiger partial charge < -0.3 is 5.32 Å². The van der Waals surface area contributed by atoms with Gasteiger partial charge in [-0.2, -0.15) is 26.3 Å². The third-order valence-corrected chi connectivity index (χ3v) is 5.98. The van der Waals surface area contributed by atoms with Crippen molar-refractivity contribution in [2.45, 2.75) is 31.6 Å². The molecule has 0 aliphatic carbocycles. The first-order valence-corrected chi connectivity index (χ1v) is 12.0. The second-order valence-electron chi connectivity index (χ2n) is 7.89. The van der Waals surface area contributed by atoms with Crippen LogP contribution >= 0.6 is 31.9 Å². The second kappa shape index (κ2) is 12.4. The van der Waals surface area contributed by atoms with E-state index in [0.29, 0.717) is 15.0 Å². The summed E-state index contributed by atoms with van der Waals surface area (Å²) in [6.07, 6.45) is -8.62. The number of nitrogens with one attached hydrogen (secondary N) is 1. The Labute approximate surface area is 219 Å². The lowest BCUT2D eigenvalue weighted by Gasteiger charge is -2.18. The lowest BCUT2D eigenvalue weighted by Crippen LogP contribution is -2.32. The number of amides is 1. The van der Waals surface area contributed by atoms with Crippen LogP contribution in [0.1, 0.15) is 46.3 Å². The highest BCUT2D eigenvalue weighted by molar-refractivity contribution is 9.11. The maximum atomic E-state index is 13.7. The summed E-state index contributed by atoms with van der Waals surface area (Å²) in [4.78, 5) is 24.4. The maximum Gasteiger partial charge on any atom is 0.417 e. The van der Waals surface area contributed by atoms with Gasteiger partial charge in [-0.3, -0.25) is 9.59 Å². The lowest BCUT2D eigenvalue weighted by atomic mass is 9.93. The van der Waals surface area contributed by atoms with Crippen LogP contribution in [-0.4, -0.2) is 31.1 Å². The summed E-state index contributed by atoms with van der Waals surface area (Å²) in [6.45, 7) is 0.184. The van der Waals surface area contributed by atoms with Crippen molar-refractivity contribution in [3.63, 3.8) is 0 Å². The monoisotopic (exact) mass is 645 g/mol. The summed E-state index contributed by atoms with van der Waals surface area (Å²) < 4.78 is 95.2. The molecule has 0 heterocycles. The number of hydrogen-bond acceptors (Lipinski definition) is 2. The molecule has 2 aromatic carbocycles. The van der Waals surface area contributed by atoms with Crippen molar-refractivity contribution in [1.29, 1.82) is 0 Å². The molecule has 0 saturated carbocycles. The molecule has 0 bridgehead atoms. The third kappa shape index (κ3) is 8.43. The van der Waals surface area contributed by atoms with E-state index in [1.165, 1.54) is 25.1 Å². The van der Waals surface area contributed by atoms with Crippen molar-refractivity contribution >= 4 is 49.6 Å². The van der Waals surface area contributed by atoms with Crippen molar-refractivity contribution in [3.8, 4) is 0 Å². The molecule has 12 heteroatoms. The SMILES string of the molecule is C[C@@H](CC(=O)c1ccc(/C=C/C(c2cc(Br)cc(Br)c2)C(F)(F)F)cc1C(F)(F)F)C(=O)NCCF. The van der Waals surface area contributed by atoms with Crippen LogP contribution in [0, 0.1) is 5.92 Å². The summed E-state index contributed by atoms with van der Waals surface area (Å²) in [5, 5.41) is 2.21. The molecule has 0 saturated heterocycles. The van der Waals surface area contributed by atoms with E-state index in [-0.39, 0.29) is 17.7 Å². The van der Waals surface area contributed by atoms with E-state index in [0.717, 1.165) is 24.3 Å². The van der Waals surface area contributed by atoms with Gasteiger partial charge in [-0.15, -0.1) is 0 Å². The highest BCUT2D eigenvalue weighted by atomic mass is 79.9. The summed E-state index contributed by atoms with van der Waals surface area (Å²) in [5.74, 6) is -4.79. The molecule has 0 aliphatic heterocycles. The van der Waals surface area contributed by atoms with Crippen molar-refractivity contribution in [1.82, 2.24) is 5.32 Å². The first-order chi connectivity index (χ1) is 16.6. The number of rotatable bonds is 9. The zero-order chi connectivity index (χ0) is 27.3. The first kappa shape index (κ1) is 30.0. The van der Waals surface area contributed by atoms with Gasteiger partial charge in [0, 0.05) is 33.4 Å². The standard InChI is InChI=1S/C24H20Br2F7NO2/c1-13(22(36)34-7-6-27)8-21(35)18-4-2-14(9-20(18)24(31,32)33)3-5-19(23(28,29)30)15-10-16(25)12-17(26)11-15/h2-5,9-13,19H,6-8H2,1H3,(H,34,36)/b5-3+/t13-,19?/m0/s1. The Morgan fingerprint density at radius 2 is 1.61 bits per heavy atom. The van der Waals surface area contributed by atoms with Gasteiger partial charge in [-0.1, -0.05) is 63.1 Å². The molecular weight excluding hydrogens is 627 g/mol. The average Bonchev–Trinajstić information content (AvgIpc) is 2.75. The lowest BCUT2D eigenvalue weighted by molar-refractivity contribution is -0.139. The molecule has 196 valence electrons. The third-order valence-electron chi connectivity index (χ3n) is 5.06. The Balaban J connectivity index is 2.39. The Bertz CT molecular complexity index is 1110. The Morgan fingerprint density at radius 1 is 1.00 bits per heavy atom. The maximum absolute atomic E-state index is 13.7. The fourth-order valence-corrected chi connectivity index (χ4v) is 4.67. The molecule has 2 aromatic rings. The van der Waals surface area contributed by atoms with E-state index >= 15 is 0 Å². The first-order valence-electron chi connectivity index (χ1n) is 10.4. The molecular formula is C24H20Br2F7NO2. The topological polar surface area (TPSA) is 46.2 Å². The molecule has 2 atom stereocenters. The number of halogens is 9. The van der Waals surface area contributed by atoms with Gasteiger partial charge in [0.05, 0.1) is 11.5 Å². The number of alkyl halides is 7. The van der Waals surface area contributed by atoms with Gasteiger partial charge in [0.1, 0.15) is 6.67 Å². The number of carbonyl (C=O) groups excluding carboxylic acids is 2. The minimum Gasteiger partial charge on any atom is -0.353 e. The Hall–Kier alpha value is -2.21. The van der Waals surface area contributed by atoms with Crippen LogP contribution in [0.3, 0.4) is 0 Å². The molecule has 36 heavy (non-hydrogen) atoms. The van der Waals surface area contributed by atoms with Crippen molar-refractivity contribution in [2.75, 3.05) is 13.2 Å². The molecule has 3 nitrogen and oxygen atoms in total. The predicted octanol–water partition coefficient (Wildman–Crippen LogP) is 7.88. The highest BCUT2D eigenvalue weighted by Crippen LogP contribution is 2.39. The van der Waals surface area contributed by atoms with E-state index < -0.39 is 60.1 Å². The summed E-state index contributed by atoms with van der Waals surface area (Å²) in [7, 11) is 0. The Morgan fingerprint density at radius 3 is 2.14 bits per heavy atom. The van der Waals surface area contributed by atoms with Gasteiger partial charge in [0.25, 0.3) is 0 Å². The van der Waals surface area contributed by atoms with Crippen molar-refractivity contribution in [2.24, 2.45) is 5.92 Å². The molecule has 0 aromatic heterocycles. The molecule has 1 amide bonds. The van der Waals surface area contributed by atoms with E-state index in [1.807, 2.05) is 0 Å². The summed E-state index contributed by atoms with van der Waals surface area (Å²) in [6, 6.07) is 6.59. The summed E-state index contributed by atoms with van der Waals surface area (Å²) in [5.41, 5.74) is -2.38. The van der Waals surface area contributed by atoms with Gasteiger partial charge in [0.15, 0.2) is 5.78 Å². The van der Waals surface area contributed by atoms with E-state index in [2.05, 4.69) is 37.2 Å². The van der Waals surface area contributed by atoms with Gasteiger partial charge in [0.2, 0.25) is 5.91 Å². The van der Waals surface area contributed by atoms with Crippen LogP contribution < -0.4 is 5.32 Å². The molecule has 0 aliphatic rings. The van der Waals surface area contributed by atoms with Crippen molar-refractivity contribution < 1.29 is 40.3 Å². The number of benzene rings is 2. The van der Waals surface area contributed by atoms with Crippen LogP contribution in [-0.2, 0) is 11.0 Å². The van der Waals surface area contributed by atoms with Gasteiger partial charge in [-0.05, 0) is 35.4 Å². The van der Waals surface area contributed by atoms with Crippen LogP contribution in [0.4, 0.5) is 30.7 Å². The quantitative estimate of drug-likeness (QED) is 0.223. The molecule has 0 radical (unpaired) electrons. The molecule has 1 unspecified atom stereocenters. The van der Waals surface area contributed by atoms with E-state index in [9.17, 15) is 40.3 Å². The Kier molecular flexibility index (Phi) is 10.3. The molecule has 0 spiro atoms. The normalized spacial score (nSPS) is 14.1. The van der Waals surface area contributed by atoms with Crippen LogP contribution in [0.25, 0.3) is 6.08 Å². The van der Waals surface area contributed by atoms with Gasteiger partial charge in [-0.25, -0.2) is 4.39 Å². The predicted molar refractivity (Wildman–Crippen MR) is 128 cm³/mol. The van der Waals surface area contributed by atoms with Crippen molar-refractivity contribution in [3.05, 3.63) is 73.7 Å². The number of Topliss-reactive ketones (excluding diaryl/α,β-unsaturated/α-hetero) is 1. The highest BCUT2D eigenvalue weighted by Gasteiger charge is 2.39. The average molecular weight is 647 g/mol. The van der Waals surface area contributed by atoms with E-state index in [4.69, 9.17) is 0 Å².